The number of benzene rings is 9. The van der Waals surface area contributed by atoms with Crippen LogP contribution in [0, 0.1) is 0 Å². The molecule has 0 N–H and O–H groups in total. The van der Waals surface area contributed by atoms with Gasteiger partial charge in [0.25, 0.3) is 0 Å². The lowest BCUT2D eigenvalue weighted by Crippen LogP contribution is -2.28. The molecule has 3 nitrogen and oxygen atoms in total. The normalized spacial score (nSPS) is 14.3. The molecule has 288 valence electrons. The fraction of sp³-hybridized carbons (Fsp3) is 0.0690. The van der Waals surface area contributed by atoms with Crippen molar-refractivity contribution in [3.05, 3.63) is 234 Å². The van der Waals surface area contributed by atoms with Gasteiger partial charge in [0.15, 0.2) is 0 Å². The van der Waals surface area contributed by atoms with E-state index in [-0.39, 0.29) is 5.41 Å². The monoisotopic (exact) mass is 781 g/mol. The summed E-state index contributed by atoms with van der Waals surface area (Å²) >= 11 is 0. The van der Waals surface area contributed by atoms with Crippen molar-refractivity contribution in [3.63, 3.8) is 0 Å². The molecule has 0 saturated heterocycles. The minimum Gasteiger partial charge on any atom is -0.456 e. The Hall–Kier alpha value is -7.62. The van der Waals surface area contributed by atoms with E-state index < -0.39 is 5.41 Å². The molecule has 0 radical (unpaired) electrons. The fourth-order valence-corrected chi connectivity index (χ4v) is 11.1. The molecule has 0 aliphatic heterocycles. The summed E-state index contributed by atoms with van der Waals surface area (Å²) in [5.41, 5.74) is 18.9. The van der Waals surface area contributed by atoms with Gasteiger partial charge < -0.3 is 13.7 Å². The smallest absolute Gasteiger partial charge is 0.135 e. The molecule has 61 heavy (non-hydrogen) atoms. The van der Waals surface area contributed by atoms with Crippen LogP contribution in [-0.4, -0.2) is 0 Å². The summed E-state index contributed by atoms with van der Waals surface area (Å²) in [6.07, 6.45) is 0. The van der Waals surface area contributed by atoms with Crippen molar-refractivity contribution in [2.75, 3.05) is 4.90 Å². The molecule has 0 bridgehead atoms. The Morgan fingerprint density at radius 3 is 1.52 bits per heavy atom. The van der Waals surface area contributed by atoms with E-state index in [9.17, 15) is 0 Å². The highest BCUT2D eigenvalue weighted by Gasteiger charge is 2.46. The topological polar surface area (TPSA) is 29.5 Å². The molecule has 2 aliphatic rings. The van der Waals surface area contributed by atoms with Crippen LogP contribution in [0.15, 0.2) is 209 Å². The quantitative estimate of drug-likeness (QED) is 0.174. The van der Waals surface area contributed by atoms with Gasteiger partial charge in [0.1, 0.15) is 22.3 Å². The van der Waals surface area contributed by atoms with Crippen LogP contribution in [0.1, 0.15) is 47.2 Å². The first-order valence-electron chi connectivity index (χ1n) is 21.2. The third kappa shape index (κ3) is 4.63. The Morgan fingerprint density at radius 2 is 0.852 bits per heavy atom. The summed E-state index contributed by atoms with van der Waals surface area (Å²) in [6, 6.07) is 73.0. The molecule has 2 heterocycles. The predicted molar refractivity (Wildman–Crippen MR) is 251 cm³/mol. The molecule has 11 aromatic rings. The third-order valence-corrected chi connectivity index (χ3v) is 13.7. The lowest BCUT2D eigenvalue weighted by atomic mass is 9.67. The first-order chi connectivity index (χ1) is 30.0. The number of rotatable bonds is 5. The highest BCUT2D eigenvalue weighted by molar-refractivity contribution is 6.09. The van der Waals surface area contributed by atoms with E-state index in [1.807, 2.05) is 12.1 Å². The maximum absolute atomic E-state index is 6.71. The van der Waals surface area contributed by atoms with Gasteiger partial charge in [-0.25, -0.2) is 0 Å². The molecule has 0 atom stereocenters. The lowest BCUT2D eigenvalue weighted by molar-refractivity contribution is 0.660. The van der Waals surface area contributed by atoms with Crippen LogP contribution in [0.3, 0.4) is 0 Å². The molecular weight excluding hydrogens is 743 g/mol. The van der Waals surface area contributed by atoms with Crippen LogP contribution < -0.4 is 4.90 Å². The molecule has 13 rings (SSSR count). The van der Waals surface area contributed by atoms with Crippen molar-refractivity contribution in [2.24, 2.45) is 0 Å². The SMILES string of the molecule is CC1(C)c2ccccc2-c2cccc(N(c3ccc4oc5ccccc5c4c3)c3ccc4oc5ccc(C6(c7ccccc7)c7ccccc7-c7ccccc76)cc5c4c3)c21. The highest BCUT2D eigenvalue weighted by atomic mass is 16.3. The van der Waals surface area contributed by atoms with Crippen molar-refractivity contribution in [3.8, 4) is 22.3 Å². The van der Waals surface area contributed by atoms with Gasteiger partial charge in [-0.15, -0.1) is 0 Å². The van der Waals surface area contributed by atoms with Crippen LogP contribution in [0.25, 0.3) is 66.1 Å². The van der Waals surface area contributed by atoms with Crippen LogP contribution in [-0.2, 0) is 10.8 Å². The summed E-state index contributed by atoms with van der Waals surface area (Å²) in [5.74, 6) is 0. The van der Waals surface area contributed by atoms with Crippen molar-refractivity contribution >= 4 is 60.9 Å². The molecular formula is C58H39NO2. The zero-order chi connectivity index (χ0) is 40.5. The molecule has 0 unspecified atom stereocenters. The summed E-state index contributed by atoms with van der Waals surface area (Å²) in [7, 11) is 0. The van der Waals surface area contributed by atoms with Crippen molar-refractivity contribution in [2.45, 2.75) is 24.7 Å². The number of fused-ring (bicyclic) bond motifs is 12. The Bertz CT molecular complexity index is 3540. The summed E-state index contributed by atoms with van der Waals surface area (Å²) in [5, 5.41) is 4.37. The molecule has 0 saturated carbocycles. The van der Waals surface area contributed by atoms with E-state index in [1.54, 1.807) is 0 Å². The van der Waals surface area contributed by atoms with E-state index in [2.05, 4.69) is 207 Å². The van der Waals surface area contributed by atoms with Crippen LogP contribution in [0.5, 0.6) is 0 Å². The molecule has 3 heteroatoms. The van der Waals surface area contributed by atoms with E-state index >= 15 is 0 Å². The Morgan fingerprint density at radius 1 is 0.361 bits per heavy atom. The first-order valence-corrected chi connectivity index (χ1v) is 21.2. The standard InChI is InChI=1S/C58H39NO2/c1-57(2)48-22-10-6-19-42(48)44-21-14-25-51(56(44)57)59(38-28-31-54-46(34-38)43-20-9-13-26-52(43)60-54)39-29-32-55-47(35-39)45-33-37(27-30-53(45)61-55)58(36-15-4-3-5-16-36)49-23-11-7-17-40(49)41-18-8-12-24-50(41)58/h3-35H,1-2H3. The lowest BCUT2D eigenvalue weighted by Gasteiger charge is -2.34. The Kier molecular flexibility index (Phi) is 6.99. The largest absolute Gasteiger partial charge is 0.456 e. The van der Waals surface area contributed by atoms with Gasteiger partial charge in [-0.1, -0.05) is 153 Å². The first kappa shape index (κ1) is 34.3. The summed E-state index contributed by atoms with van der Waals surface area (Å²) in [4.78, 5) is 2.45. The van der Waals surface area contributed by atoms with Crippen molar-refractivity contribution in [1.82, 2.24) is 0 Å². The Balaban J connectivity index is 1.07. The number of nitrogens with zero attached hydrogens (tertiary/aromatic N) is 1. The minimum absolute atomic E-state index is 0.228. The highest BCUT2D eigenvalue weighted by Crippen LogP contribution is 2.57. The van der Waals surface area contributed by atoms with Crippen LogP contribution in [0.2, 0.25) is 0 Å². The van der Waals surface area contributed by atoms with Gasteiger partial charge in [-0.3, -0.25) is 0 Å². The molecule has 9 aromatic carbocycles. The second-order valence-electron chi connectivity index (χ2n) is 17.2. The fourth-order valence-electron chi connectivity index (χ4n) is 11.1. The number of anilines is 3. The predicted octanol–water partition coefficient (Wildman–Crippen LogP) is 15.6. The molecule has 2 aliphatic carbocycles. The van der Waals surface area contributed by atoms with E-state index in [1.165, 1.54) is 55.6 Å². The van der Waals surface area contributed by atoms with E-state index in [4.69, 9.17) is 8.83 Å². The maximum Gasteiger partial charge on any atom is 0.135 e. The van der Waals surface area contributed by atoms with Crippen LogP contribution in [0.4, 0.5) is 17.1 Å². The number of hydrogen-bond acceptors (Lipinski definition) is 3. The molecule has 2 aromatic heterocycles. The van der Waals surface area contributed by atoms with Gasteiger partial charge in [-0.2, -0.15) is 0 Å². The second kappa shape index (κ2) is 12.5. The van der Waals surface area contributed by atoms with Gasteiger partial charge in [0.05, 0.1) is 11.1 Å². The molecule has 0 fully saturated rings. The number of hydrogen-bond donors (Lipinski definition) is 0. The van der Waals surface area contributed by atoms with E-state index in [0.717, 1.165) is 60.9 Å². The third-order valence-electron chi connectivity index (χ3n) is 13.7. The van der Waals surface area contributed by atoms with Gasteiger partial charge in [0.2, 0.25) is 0 Å². The number of furan rings is 2. The van der Waals surface area contributed by atoms with Crippen LogP contribution >= 0.6 is 0 Å². The van der Waals surface area contributed by atoms with Gasteiger partial charge in [0, 0.05) is 38.3 Å². The second-order valence-corrected chi connectivity index (χ2v) is 17.2. The average molecular weight is 782 g/mol. The Labute approximate surface area is 353 Å². The van der Waals surface area contributed by atoms with Gasteiger partial charge in [-0.05, 0) is 116 Å². The van der Waals surface area contributed by atoms with Crippen molar-refractivity contribution in [1.29, 1.82) is 0 Å². The van der Waals surface area contributed by atoms with Crippen molar-refractivity contribution < 1.29 is 8.83 Å². The molecule has 0 spiro atoms. The summed E-state index contributed by atoms with van der Waals surface area (Å²) in [6.45, 7) is 4.73. The maximum atomic E-state index is 6.71. The van der Waals surface area contributed by atoms with E-state index in [0.29, 0.717) is 0 Å². The van der Waals surface area contributed by atoms with Gasteiger partial charge >= 0.3 is 0 Å². The minimum atomic E-state index is -0.510. The zero-order valence-corrected chi connectivity index (χ0v) is 33.8. The summed E-state index contributed by atoms with van der Waals surface area (Å²) < 4.78 is 13.1. The number of para-hydroxylation sites is 1. The molecule has 0 amide bonds. The zero-order valence-electron chi connectivity index (χ0n) is 33.8. The average Bonchev–Trinajstić information content (AvgIpc) is 4.02.